The average Bonchev–Trinajstić information content (AvgIpc) is 2.29. The first-order valence-electron chi connectivity index (χ1n) is 4.35. The molecule has 0 aliphatic heterocycles. The summed E-state index contributed by atoms with van der Waals surface area (Å²) >= 11 is 3.38. The third-order valence-corrected chi connectivity index (χ3v) is 2.14. The molecule has 0 aliphatic carbocycles. The van der Waals surface area contributed by atoms with Gasteiger partial charge in [-0.15, -0.1) is 0 Å². The lowest BCUT2D eigenvalue weighted by Gasteiger charge is -2.05. The van der Waals surface area contributed by atoms with Gasteiger partial charge in [0.25, 0.3) is 0 Å². The predicted molar refractivity (Wildman–Crippen MR) is 54.1 cm³/mol. The zero-order chi connectivity index (χ0) is 9.14. The second kappa shape index (κ2) is 4.08. The Bertz CT molecular complexity index is 253. The summed E-state index contributed by atoms with van der Waals surface area (Å²) in [5.41, 5.74) is 1.32. The number of aromatic nitrogens is 2. The highest BCUT2D eigenvalue weighted by atomic mass is 79.9. The first-order chi connectivity index (χ1) is 5.63. The maximum atomic E-state index is 4.32. The fraction of sp³-hybridized carbons (Fsp3) is 0.667. The van der Waals surface area contributed by atoms with E-state index >= 15 is 0 Å². The van der Waals surface area contributed by atoms with Crippen LogP contribution in [0.1, 0.15) is 26.5 Å². The van der Waals surface area contributed by atoms with Gasteiger partial charge < -0.3 is 0 Å². The highest BCUT2D eigenvalue weighted by Gasteiger charge is 2.05. The SMILES string of the molecule is CCn1nc(Br)cc1CC(C)C. The third-order valence-electron chi connectivity index (χ3n) is 1.75. The summed E-state index contributed by atoms with van der Waals surface area (Å²) in [5.74, 6) is 0.693. The number of aryl methyl sites for hydroxylation is 1. The van der Waals surface area contributed by atoms with Crippen molar-refractivity contribution < 1.29 is 0 Å². The molecule has 0 atom stereocenters. The van der Waals surface area contributed by atoms with Crippen LogP contribution in [0.15, 0.2) is 10.7 Å². The smallest absolute Gasteiger partial charge is 0.128 e. The maximum absolute atomic E-state index is 4.32. The largest absolute Gasteiger partial charge is 0.269 e. The predicted octanol–water partition coefficient (Wildman–Crippen LogP) is 2.86. The van der Waals surface area contributed by atoms with Gasteiger partial charge in [0, 0.05) is 12.2 Å². The molecule has 1 rings (SSSR count). The fourth-order valence-corrected chi connectivity index (χ4v) is 1.73. The van der Waals surface area contributed by atoms with Crippen LogP contribution in [-0.4, -0.2) is 9.78 Å². The van der Waals surface area contributed by atoms with Gasteiger partial charge in [-0.25, -0.2) is 0 Å². The first-order valence-corrected chi connectivity index (χ1v) is 5.15. The van der Waals surface area contributed by atoms with Crippen molar-refractivity contribution in [3.63, 3.8) is 0 Å². The summed E-state index contributed by atoms with van der Waals surface area (Å²) in [4.78, 5) is 0. The Labute approximate surface area is 82.1 Å². The molecule has 0 aliphatic rings. The van der Waals surface area contributed by atoms with Gasteiger partial charge in [-0.2, -0.15) is 5.10 Å². The van der Waals surface area contributed by atoms with Gasteiger partial charge in [0.05, 0.1) is 0 Å². The summed E-state index contributed by atoms with van der Waals surface area (Å²) in [7, 11) is 0. The topological polar surface area (TPSA) is 17.8 Å². The Kier molecular flexibility index (Phi) is 3.32. The Morgan fingerprint density at radius 1 is 1.58 bits per heavy atom. The van der Waals surface area contributed by atoms with Gasteiger partial charge in [0.1, 0.15) is 4.60 Å². The summed E-state index contributed by atoms with van der Waals surface area (Å²) in [6, 6.07) is 2.10. The molecule has 2 nitrogen and oxygen atoms in total. The number of hydrogen-bond acceptors (Lipinski definition) is 1. The van der Waals surface area contributed by atoms with Crippen LogP contribution in [0.5, 0.6) is 0 Å². The molecule has 3 heteroatoms. The van der Waals surface area contributed by atoms with Crippen LogP contribution in [0.2, 0.25) is 0 Å². The molecule has 0 fully saturated rings. The summed E-state index contributed by atoms with van der Waals surface area (Å²) in [6.45, 7) is 7.51. The summed E-state index contributed by atoms with van der Waals surface area (Å²) < 4.78 is 2.99. The van der Waals surface area contributed by atoms with E-state index in [1.165, 1.54) is 5.69 Å². The van der Waals surface area contributed by atoms with Crippen molar-refractivity contribution in [2.75, 3.05) is 0 Å². The fourth-order valence-electron chi connectivity index (χ4n) is 1.28. The van der Waals surface area contributed by atoms with Crippen LogP contribution in [0, 0.1) is 5.92 Å². The standard InChI is InChI=1S/C9H15BrN2/c1-4-12-8(5-7(2)3)6-9(10)11-12/h6-7H,4-5H2,1-3H3. The van der Waals surface area contributed by atoms with Gasteiger partial charge in [-0.3, -0.25) is 4.68 Å². The van der Waals surface area contributed by atoms with Crippen molar-refractivity contribution >= 4 is 15.9 Å². The molecule has 0 unspecified atom stereocenters. The Balaban J connectivity index is 2.81. The zero-order valence-corrected chi connectivity index (χ0v) is 9.43. The van der Waals surface area contributed by atoms with E-state index in [1.54, 1.807) is 0 Å². The van der Waals surface area contributed by atoms with Crippen molar-refractivity contribution in [3.05, 3.63) is 16.4 Å². The van der Waals surface area contributed by atoms with Gasteiger partial charge >= 0.3 is 0 Å². The maximum Gasteiger partial charge on any atom is 0.128 e. The van der Waals surface area contributed by atoms with Crippen LogP contribution in [0.25, 0.3) is 0 Å². The summed E-state index contributed by atoms with van der Waals surface area (Å²) in [6.07, 6.45) is 1.10. The molecule has 0 saturated heterocycles. The van der Waals surface area contributed by atoms with Crippen molar-refractivity contribution in [3.8, 4) is 0 Å². The van der Waals surface area contributed by atoms with E-state index in [9.17, 15) is 0 Å². The molecule has 0 spiro atoms. The van der Waals surface area contributed by atoms with Gasteiger partial charge in [-0.1, -0.05) is 13.8 Å². The number of rotatable bonds is 3. The molecule has 0 bridgehead atoms. The van der Waals surface area contributed by atoms with E-state index in [2.05, 4.69) is 47.9 Å². The lowest BCUT2D eigenvalue weighted by atomic mass is 10.1. The molecule has 0 N–H and O–H groups in total. The molecule has 1 aromatic rings. The first kappa shape index (κ1) is 9.78. The summed E-state index contributed by atoms with van der Waals surface area (Å²) in [5, 5.41) is 4.32. The second-order valence-corrected chi connectivity index (χ2v) is 4.18. The van der Waals surface area contributed by atoms with E-state index < -0.39 is 0 Å². The van der Waals surface area contributed by atoms with Crippen molar-refractivity contribution in [1.82, 2.24) is 9.78 Å². The molecule has 0 saturated carbocycles. The number of halogens is 1. The van der Waals surface area contributed by atoms with Crippen LogP contribution >= 0.6 is 15.9 Å². The van der Waals surface area contributed by atoms with Gasteiger partial charge in [-0.05, 0) is 41.3 Å². The molecule has 0 radical (unpaired) electrons. The van der Waals surface area contributed by atoms with E-state index in [0.717, 1.165) is 17.6 Å². The van der Waals surface area contributed by atoms with Gasteiger partial charge in [0.2, 0.25) is 0 Å². The highest BCUT2D eigenvalue weighted by Crippen LogP contribution is 2.14. The lowest BCUT2D eigenvalue weighted by Crippen LogP contribution is -2.05. The zero-order valence-electron chi connectivity index (χ0n) is 7.84. The van der Waals surface area contributed by atoms with Crippen molar-refractivity contribution in [1.29, 1.82) is 0 Å². The Hall–Kier alpha value is -0.310. The van der Waals surface area contributed by atoms with Crippen LogP contribution in [0.4, 0.5) is 0 Å². The minimum absolute atomic E-state index is 0.693. The normalized spacial score (nSPS) is 11.1. The number of hydrogen-bond donors (Lipinski definition) is 0. The van der Waals surface area contributed by atoms with Crippen LogP contribution in [0.3, 0.4) is 0 Å². The monoisotopic (exact) mass is 230 g/mol. The minimum atomic E-state index is 0.693. The quantitative estimate of drug-likeness (QED) is 0.782. The molecule has 1 aromatic heterocycles. The van der Waals surface area contributed by atoms with E-state index in [0.29, 0.717) is 5.92 Å². The lowest BCUT2D eigenvalue weighted by molar-refractivity contribution is 0.561. The van der Waals surface area contributed by atoms with E-state index in [1.807, 2.05) is 4.68 Å². The average molecular weight is 231 g/mol. The Morgan fingerprint density at radius 2 is 2.25 bits per heavy atom. The number of nitrogens with zero attached hydrogens (tertiary/aromatic N) is 2. The third kappa shape index (κ3) is 2.34. The van der Waals surface area contributed by atoms with Crippen LogP contribution < -0.4 is 0 Å². The van der Waals surface area contributed by atoms with Gasteiger partial charge in [0.15, 0.2) is 0 Å². The molecule has 0 amide bonds. The van der Waals surface area contributed by atoms with Crippen molar-refractivity contribution in [2.45, 2.75) is 33.7 Å². The molecule has 12 heavy (non-hydrogen) atoms. The minimum Gasteiger partial charge on any atom is -0.269 e. The van der Waals surface area contributed by atoms with E-state index in [-0.39, 0.29) is 0 Å². The highest BCUT2D eigenvalue weighted by molar-refractivity contribution is 9.10. The molecule has 1 heterocycles. The molecule has 68 valence electrons. The molecular weight excluding hydrogens is 216 g/mol. The second-order valence-electron chi connectivity index (χ2n) is 3.37. The molecular formula is C9H15BrN2. The van der Waals surface area contributed by atoms with E-state index in [4.69, 9.17) is 0 Å². The Morgan fingerprint density at radius 3 is 2.75 bits per heavy atom. The van der Waals surface area contributed by atoms with Crippen LogP contribution in [-0.2, 0) is 13.0 Å². The van der Waals surface area contributed by atoms with Crippen molar-refractivity contribution in [2.24, 2.45) is 5.92 Å². The molecule has 0 aromatic carbocycles.